The molecule has 0 spiro atoms. The van der Waals surface area contributed by atoms with Gasteiger partial charge >= 0.3 is 12.4 Å². The van der Waals surface area contributed by atoms with E-state index in [1.807, 2.05) is 0 Å². The molecule has 0 aliphatic heterocycles. The molecule has 0 aliphatic carbocycles. The summed E-state index contributed by atoms with van der Waals surface area (Å²) in [5, 5.41) is 9.65. The molecule has 1 N–H and O–H groups in total. The minimum Gasteiger partial charge on any atom is -0.477 e. The van der Waals surface area contributed by atoms with Crippen LogP contribution in [0, 0.1) is 13.8 Å². The number of hydrogen-bond donors (Lipinski definition) is 1. The highest BCUT2D eigenvalue weighted by molar-refractivity contribution is 9.10. The summed E-state index contributed by atoms with van der Waals surface area (Å²) >= 11 is 6.62. The molecule has 2 aromatic carbocycles. The SMILES string of the molecule is C=CCCCOc1nc(-c2nnc(C(CC=C)(OCc3ccccc3)C(F)(F)F)o2)c(Br)cc1C.C=CCCCOc1nc(C(=O)CNC(=O)C(CC=C)(OCc2ccccc2)C(F)(F)F)c(Br)cc1C. The van der Waals surface area contributed by atoms with Gasteiger partial charge in [-0.15, -0.1) is 36.5 Å². The van der Waals surface area contributed by atoms with Gasteiger partial charge < -0.3 is 28.7 Å². The number of Topliss-reactive ketones (excluding diaryl/α,β-unsaturated/α-hetero) is 1. The second kappa shape index (κ2) is 27.0. The topological polar surface area (TPSA) is 148 Å². The Morgan fingerprint density at radius 2 is 1.21 bits per heavy atom. The lowest BCUT2D eigenvalue weighted by Gasteiger charge is -2.33. The van der Waals surface area contributed by atoms with E-state index in [0.29, 0.717) is 51.2 Å². The van der Waals surface area contributed by atoms with E-state index in [1.54, 1.807) is 98.8 Å². The number of ether oxygens (including phenoxy) is 4. The van der Waals surface area contributed by atoms with Crippen LogP contribution in [0.3, 0.4) is 0 Å². The van der Waals surface area contributed by atoms with Crippen molar-refractivity contribution >= 4 is 43.6 Å². The van der Waals surface area contributed by atoms with Crippen LogP contribution in [-0.2, 0) is 33.1 Å². The fourth-order valence-corrected chi connectivity index (χ4v) is 7.72. The van der Waals surface area contributed by atoms with E-state index in [2.05, 4.69) is 83.7 Å². The summed E-state index contributed by atoms with van der Waals surface area (Å²) in [4.78, 5) is 34.3. The van der Waals surface area contributed by atoms with Gasteiger partial charge in [0.15, 0.2) is 0 Å². The first-order chi connectivity index (χ1) is 33.8. The molecule has 71 heavy (non-hydrogen) atoms. The molecule has 3 heterocycles. The highest BCUT2D eigenvalue weighted by atomic mass is 79.9. The summed E-state index contributed by atoms with van der Waals surface area (Å²) in [6, 6.07) is 20.0. The highest BCUT2D eigenvalue weighted by Gasteiger charge is 2.62. The van der Waals surface area contributed by atoms with Crippen molar-refractivity contribution in [1.29, 1.82) is 0 Å². The molecule has 5 rings (SSSR count). The predicted octanol–water partition coefficient (Wildman–Crippen LogP) is 13.0. The number of benzene rings is 2. The van der Waals surface area contributed by atoms with Crippen LogP contribution >= 0.6 is 31.9 Å². The Morgan fingerprint density at radius 3 is 1.72 bits per heavy atom. The van der Waals surface area contributed by atoms with Gasteiger partial charge in [-0.05, 0) is 94.7 Å². The second-order valence-corrected chi connectivity index (χ2v) is 17.4. The van der Waals surface area contributed by atoms with Crippen LogP contribution in [-0.4, -0.2) is 69.6 Å². The van der Waals surface area contributed by atoms with Crippen LogP contribution in [0.5, 0.6) is 11.8 Å². The molecule has 0 bridgehead atoms. The molecule has 20 heteroatoms. The second-order valence-electron chi connectivity index (χ2n) is 15.6. The number of nitrogens with zero attached hydrogens (tertiary/aromatic N) is 4. The zero-order valence-corrected chi connectivity index (χ0v) is 42.2. The molecular formula is C51H53Br2F6N5O7. The van der Waals surface area contributed by atoms with Crippen molar-refractivity contribution in [2.45, 2.75) is 89.1 Å². The number of nitrogens with one attached hydrogen (secondary N) is 1. The Hall–Kier alpha value is -5.96. The number of carbonyl (C=O) groups is 2. The Labute approximate surface area is 424 Å². The predicted molar refractivity (Wildman–Crippen MR) is 262 cm³/mol. The zero-order chi connectivity index (χ0) is 52.2. The average molecular weight is 1120 g/mol. The number of unbranched alkanes of at least 4 members (excludes halogenated alkanes) is 2. The number of aryl methyl sites for hydroxylation is 2. The summed E-state index contributed by atoms with van der Waals surface area (Å²) in [5.74, 6) is -2.60. The number of aromatic nitrogens is 4. The number of pyridine rings is 2. The summed E-state index contributed by atoms with van der Waals surface area (Å²) in [6.07, 6.45) is -2.83. The first kappa shape index (κ1) is 57.6. The molecule has 12 nitrogen and oxygen atoms in total. The summed E-state index contributed by atoms with van der Waals surface area (Å²) in [7, 11) is 0. The number of halogens is 8. The van der Waals surface area contributed by atoms with E-state index in [4.69, 9.17) is 23.4 Å². The number of rotatable bonds is 26. The van der Waals surface area contributed by atoms with Crippen LogP contribution in [0.4, 0.5) is 26.3 Å². The third-order valence-electron chi connectivity index (χ3n) is 10.3. The number of allylic oxidation sites excluding steroid dienone is 2. The molecule has 0 radical (unpaired) electrons. The summed E-state index contributed by atoms with van der Waals surface area (Å²) in [6.45, 7) is 16.9. The van der Waals surface area contributed by atoms with E-state index >= 15 is 0 Å². The van der Waals surface area contributed by atoms with Crippen molar-refractivity contribution in [2.75, 3.05) is 19.8 Å². The number of hydrogen-bond acceptors (Lipinski definition) is 11. The number of carbonyl (C=O) groups excluding carboxylic acids is 2. The van der Waals surface area contributed by atoms with Crippen molar-refractivity contribution in [2.24, 2.45) is 0 Å². The van der Waals surface area contributed by atoms with E-state index in [-0.39, 0.29) is 29.8 Å². The minimum absolute atomic E-state index is 0.0776. The van der Waals surface area contributed by atoms with Crippen LogP contribution in [0.15, 0.2) is 137 Å². The van der Waals surface area contributed by atoms with Crippen molar-refractivity contribution in [1.82, 2.24) is 25.5 Å². The molecular weight excluding hydrogens is 1070 g/mol. The van der Waals surface area contributed by atoms with Gasteiger partial charge in [-0.25, -0.2) is 9.97 Å². The van der Waals surface area contributed by atoms with Crippen LogP contribution < -0.4 is 14.8 Å². The van der Waals surface area contributed by atoms with Crippen molar-refractivity contribution in [3.05, 3.63) is 166 Å². The number of amides is 1. The normalized spacial score (nSPS) is 13.1. The number of ketones is 1. The maximum Gasteiger partial charge on any atom is 0.426 e. The first-order valence-electron chi connectivity index (χ1n) is 22.0. The van der Waals surface area contributed by atoms with E-state index < -0.39 is 67.1 Å². The fraction of sp³-hybridized carbons (Fsp3) is 0.333. The van der Waals surface area contributed by atoms with Crippen molar-refractivity contribution in [3.63, 3.8) is 0 Å². The van der Waals surface area contributed by atoms with Gasteiger partial charge in [-0.1, -0.05) is 85.0 Å². The molecule has 2 unspecified atom stereocenters. The quantitative estimate of drug-likeness (QED) is 0.0244. The zero-order valence-electron chi connectivity index (χ0n) is 39.0. The Bertz CT molecular complexity index is 2580. The van der Waals surface area contributed by atoms with Crippen molar-refractivity contribution < 1.29 is 59.3 Å². The molecule has 0 fully saturated rings. The van der Waals surface area contributed by atoms with Crippen LogP contribution in [0.2, 0.25) is 0 Å². The van der Waals surface area contributed by atoms with Gasteiger partial charge in [0.25, 0.3) is 17.7 Å². The lowest BCUT2D eigenvalue weighted by molar-refractivity contribution is -0.295. The number of alkyl halides is 6. The smallest absolute Gasteiger partial charge is 0.426 e. The maximum atomic E-state index is 14.4. The average Bonchev–Trinajstić information content (AvgIpc) is 3.82. The fourth-order valence-electron chi connectivity index (χ4n) is 6.46. The minimum atomic E-state index is -5.07. The Kier molecular flexibility index (Phi) is 21.9. The Morgan fingerprint density at radius 1 is 0.690 bits per heavy atom. The lowest BCUT2D eigenvalue weighted by Crippen LogP contribution is -2.59. The molecule has 3 aromatic heterocycles. The van der Waals surface area contributed by atoms with Gasteiger partial charge in [0.1, 0.15) is 11.4 Å². The van der Waals surface area contributed by atoms with E-state index in [0.717, 1.165) is 37.0 Å². The molecule has 1 amide bonds. The lowest BCUT2D eigenvalue weighted by atomic mass is 9.96. The molecule has 0 aliphatic rings. The molecule has 0 saturated heterocycles. The molecule has 5 aromatic rings. The van der Waals surface area contributed by atoms with Crippen LogP contribution in [0.25, 0.3) is 11.6 Å². The summed E-state index contributed by atoms with van der Waals surface area (Å²) in [5.41, 5.74) is -3.60. The standard InChI is InChI=1S/C26H28BrF3N2O4.C25H25BrF3N3O3/c1-4-6-10-14-35-23-18(3)15-20(27)22(32-23)21(33)16-31-24(34)25(13-5-2,26(28,29)30)36-17-19-11-8-7-9-12-19;1-4-6-10-14-33-21-17(3)15-19(26)20(30-21)22-31-32-23(35-22)24(13-5-2,25(27,28)29)34-16-18-11-8-7-9-12-18/h4-5,7-9,11-12,15H,1-2,6,10,13-14,16-17H2,3H3,(H,31,34);4-5,7-9,11-12,15H,1-2,6,10,13-14,16H2,3H3. The largest absolute Gasteiger partial charge is 0.477 e. The van der Waals surface area contributed by atoms with Gasteiger partial charge in [0, 0.05) is 32.9 Å². The first-order valence-corrected chi connectivity index (χ1v) is 23.5. The van der Waals surface area contributed by atoms with Gasteiger partial charge in [-0.3, -0.25) is 9.59 Å². The third-order valence-corrected chi connectivity index (χ3v) is 11.5. The molecule has 380 valence electrons. The monoisotopic (exact) mass is 1120 g/mol. The van der Waals surface area contributed by atoms with Gasteiger partial charge in [-0.2, -0.15) is 26.3 Å². The van der Waals surface area contributed by atoms with E-state index in [9.17, 15) is 35.9 Å². The summed E-state index contributed by atoms with van der Waals surface area (Å²) < 4.78 is 114. The maximum absolute atomic E-state index is 14.4. The van der Waals surface area contributed by atoms with E-state index in [1.165, 1.54) is 0 Å². The van der Waals surface area contributed by atoms with Crippen LogP contribution in [0.1, 0.15) is 77.2 Å². The van der Waals surface area contributed by atoms with Crippen molar-refractivity contribution in [3.8, 4) is 23.3 Å². The molecule has 2 atom stereocenters. The van der Waals surface area contributed by atoms with Gasteiger partial charge in [0.2, 0.25) is 28.7 Å². The Balaban J connectivity index is 0.000000309. The van der Waals surface area contributed by atoms with Gasteiger partial charge in [0.05, 0.1) is 33.0 Å². The molecule has 0 saturated carbocycles. The third kappa shape index (κ3) is 15.5. The highest BCUT2D eigenvalue weighted by Crippen LogP contribution is 2.46.